The Hall–Kier alpha value is -0.710. The van der Waals surface area contributed by atoms with E-state index in [0.717, 1.165) is 24.4 Å². The standard InChI is InChI=1S/C12H19NO2S/c1-2-16(15)8-7-13-9-11-3-5-12(10-14)6-4-11/h3-6,13-14H,2,7-10H2,1H3. The first-order valence-corrected chi connectivity index (χ1v) is 6.99. The summed E-state index contributed by atoms with van der Waals surface area (Å²) in [6.07, 6.45) is 0. The molecule has 0 aliphatic carbocycles. The van der Waals surface area contributed by atoms with Gasteiger partial charge < -0.3 is 10.4 Å². The summed E-state index contributed by atoms with van der Waals surface area (Å²) in [7, 11) is -0.686. The Bertz CT molecular complexity index is 324. The monoisotopic (exact) mass is 241 g/mol. The number of aliphatic hydroxyl groups excluding tert-OH is 1. The van der Waals surface area contributed by atoms with E-state index in [0.29, 0.717) is 5.75 Å². The van der Waals surface area contributed by atoms with Crippen molar-refractivity contribution in [2.75, 3.05) is 18.1 Å². The summed E-state index contributed by atoms with van der Waals surface area (Å²) >= 11 is 0. The van der Waals surface area contributed by atoms with Gasteiger partial charge in [-0.3, -0.25) is 4.21 Å². The van der Waals surface area contributed by atoms with Gasteiger partial charge in [0.15, 0.2) is 0 Å². The maximum atomic E-state index is 11.1. The summed E-state index contributed by atoms with van der Waals surface area (Å²) in [5, 5.41) is 12.1. The fourth-order valence-electron chi connectivity index (χ4n) is 1.33. The number of nitrogens with one attached hydrogen (secondary N) is 1. The molecule has 1 aromatic rings. The van der Waals surface area contributed by atoms with E-state index in [1.54, 1.807) is 0 Å². The third kappa shape index (κ3) is 4.88. The van der Waals surface area contributed by atoms with Crippen LogP contribution in [-0.2, 0) is 24.0 Å². The van der Waals surface area contributed by atoms with Crippen molar-refractivity contribution in [1.29, 1.82) is 0 Å². The topological polar surface area (TPSA) is 49.3 Å². The molecule has 0 amide bonds. The zero-order chi connectivity index (χ0) is 11.8. The fraction of sp³-hybridized carbons (Fsp3) is 0.500. The molecule has 0 heterocycles. The predicted molar refractivity (Wildman–Crippen MR) is 67.6 cm³/mol. The van der Waals surface area contributed by atoms with Crippen LogP contribution in [0.3, 0.4) is 0 Å². The van der Waals surface area contributed by atoms with Gasteiger partial charge in [-0.25, -0.2) is 0 Å². The lowest BCUT2D eigenvalue weighted by Gasteiger charge is -2.05. The first kappa shape index (κ1) is 13.4. The molecule has 0 radical (unpaired) electrons. The van der Waals surface area contributed by atoms with E-state index in [1.165, 1.54) is 5.56 Å². The number of hydrogen-bond donors (Lipinski definition) is 2. The predicted octanol–water partition coefficient (Wildman–Crippen LogP) is 1.04. The van der Waals surface area contributed by atoms with Crippen LogP contribution in [0.25, 0.3) is 0 Å². The van der Waals surface area contributed by atoms with E-state index in [-0.39, 0.29) is 6.61 Å². The lowest BCUT2D eigenvalue weighted by molar-refractivity contribution is 0.282. The lowest BCUT2D eigenvalue weighted by Crippen LogP contribution is -2.20. The van der Waals surface area contributed by atoms with Crippen molar-refractivity contribution >= 4 is 10.8 Å². The van der Waals surface area contributed by atoms with E-state index >= 15 is 0 Å². The quantitative estimate of drug-likeness (QED) is 0.701. The molecule has 1 unspecified atom stereocenters. The molecule has 2 N–H and O–H groups in total. The van der Waals surface area contributed by atoms with Crippen LogP contribution in [-0.4, -0.2) is 27.4 Å². The van der Waals surface area contributed by atoms with Crippen LogP contribution in [0.1, 0.15) is 18.1 Å². The summed E-state index contributed by atoms with van der Waals surface area (Å²) in [5.41, 5.74) is 2.11. The molecule has 4 heteroatoms. The van der Waals surface area contributed by atoms with Crippen molar-refractivity contribution in [2.45, 2.75) is 20.1 Å². The Kier molecular flexibility index (Phi) is 6.30. The van der Waals surface area contributed by atoms with Crippen molar-refractivity contribution in [3.8, 4) is 0 Å². The number of hydrogen-bond acceptors (Lipinski definition) is 3. The molecule has 1 atom stereocenters. The summed E-state index contributed by atoms with van der Waals surface area (Å²) in [4.78, 5) is 0. The molecule has 0 aromatic heterocycles. The fourth-order valence-corrected chi connectivity index (χ4v) is 1.99. The minimum atomic E-state index is -0.686. The molecule has 0 aliphatic rings. The second kappa shape index (κ2) is 7.54. The third-order valence-electron chi connectivity index (χ3n) is 2.36. The Labute approximate surface area is 99.3 Å². The highest BCUT2D eigenvalue weighted by Crippen LogP contribution is 2.03. The molecule has 0 spiro atoms. The molecular weight excluding hydrogens is 222 g/mol. The Morgan fingerprint density at radius 2 is 1.88 bits per heavy atom. The molecule has 1 rings (SSSR count). The second-order valence-corrected chi connectivity index (χ2v) is 5.45. The molecule has 1 aromatic carbocycles. The maximum absolute atomic E-state index is 11.1. The van der Waals surface area contributed by atoms with Crippen molar-refractivity contribution in [3.05, 3.63) is 35.4 Å². The SMILES string of the molecule is CCS(=O)CCNCc1ccc(CO)cc1. The number of rotatable bonds is 7. The Balaban J connectivity index is 2.24. The minimum absolute atomic E-state index is 0.0865. The molecule has 90 valence electrons. The highest BCUT2D eigenvalue weighted by molar-refractivity contribution is 7.84. The van der Waals surface area contributed by atoms with E-state index in [1.807, 2.05) is 31.2 Å². The van der Waals surface area contributed by atoms with Crippen molar-refractivity contribution < 1.29 is 9.32 Å². The van der Waals surface area contributed by atoms with Crippen LogP contribution in [0, 0.1) is 0 Å². The van der Waals surface area contributed by atoms with Gasteiger partial charge in [0.25, 0.3) is 0 Å². The summed E-state index contributed by atoms with van der Waals surface area (Å²) < 4.78 is 11.1. The minimum Gasteiger partial charge on any atom is -0.392 e. The molecular formula is C12H19NO2S. The smallest absolute Gasteiger partial charge is 0.0681 e. The van der Waals surface area contributed by atoms with Crippen LogP contribution in [0.4, 0.5) is 0 Å². The number of aliphatic hydroxyl groups is 1. The Morgan fingerprint density at radius 1 is 1.25 bits per heavy atom. The normalized spacial score (nSPS) is 12.6. The van der Waals surface area contributed by atoms with Gasteiger partial charge in [0.1, 0.15) is 0 Å². The summed E-state index contributed by atoms with van der Waals surface area (Å²) in [5.74, 6) is 1.44. The van der Waals surface area contributed by atoms with E-state index in [4.69, 9.17) is 5.11 Å². The largest absolute Gasteiger partial charge is 0.392 e. The van der Waals surface area contributed by atoms with Crippen molar-refractivity contribution in [2.24, 2.45) is 0 Å². The van der Waals surface area contributed by atoms with Crippen LogP contribution < -0.4 is 5.32 Å². The number of benzene rings is 1. The summed E-state index contributed by atoms with van der Waals surface area (Å²) in [6.45, 7) is 3.59. The molecule has 0 aliphatic heterocycles. The first-order valence-electron chi connectivity index (χ1n) is 5.50. The third-order valence-corrected chi connectivity index (χ3v) is 3.67. The average molecular weight is 241 g/mol. The van der Waals surface area contributed by atoms with Gasteiger partial charge in [0.05, 0.1) is 6.61 Å². The van der Waals surface area contributed by atoms with Crippen molar-refractivity contribution in [1.82, 2.24) is 5.32 Å². The van der Waals surface area contributed by atoms with Gasteiger partial charge in [-0.1, -0.05) is 31.2 Å². The molecule has 3 nitrogen and oxygen atoms in total. The van der Waals surface area contributed by atoms with Crippen LogP contribution in [0.15, 0.2) is 24.3 Å². The van der Waals surface area contributed by atoms with E-state index in [9.17, 15) is 4.21 Å². The van der Waals surface area contributed by atoms with Gasteiger partial charge >= 0.3 is 0 Å². The van der Waals surface area contributed by atoms with Gasteiger partial charge in [-0.05, 0) is 11.1 Å². The van der Waals surface area contributed by atoms with Gasteiger partial charge in [0.2, 0.25) is 0 Å². The zero-order valence-electron chi connectivity index (χ0n) is 9.61. The molecule has 0 fully saturated rings. The van der Waals surface area contributed by atoms with Gasteiger partial charge in [-0.2, -0.15) is 0 Å². The lowest BCUT2D eigenvalue weighted by atomic mass is 10.1. The average Bonchev–Trinajstić information content (AvgIpc) is 2.35. The van der Waals surface area contributed by atoms with Crippen molar-refractivity contribution in [3.63, 3.8) is 0 Å². The van der Waals surface area contributed by atoms with Crippen LogP contribution >= 0.6 is 0 Å². The molecule has 0 bridgehead atoms. The molecule has 16 heavy (non-hydrogen) atoms. The van der Waals surface area contributed by atoms with Gasteiger partial charge in [-0.15, -0.1) is 0 Å². The second-order valence-electron chi connectivity index (χ2n) is 3.58. The highest BCUT2D eigenvalue weighted by atomic mass is 32.2. The summed E-state index contributed by atoms with van der Waals surface area (Å²) in [6, 6.07) is 7.83. The van der Waals surface area contributed by atoms with E-state index in [2.05, 4.69) is 5.32 Å². The Morgan fingerprint density at radius 3 is 2.44 bits per heavy atom. The highest BCUT2D eigenvalue weighted by Gasteiger charge is 1.96. The maximum Gasteiger partial charge on any atom is 0.0681 e. The van der Waals surface area contributed by atoms with Gasteiger partial charge in [0, 0.05) is 35.4 Å². The molecule has 0 saturated carbocycles. The molecule has 0 saturated heterocycles. The van der Waals surface area contributed by atoms with Crippen LogP contribution in [0.5, 0.6) is 0 Å². The van der Waals surface area contributed by atoms with Crippen LogP contribution in [0.2, 0.25) is 0 Å². The zero-order valence-corrected chi connectivity index (χ0v) is 10.4. The van der Waals surface area contributed by atoms with E-state index < -0.39 is 10.8 Å². The first-order chi connectivity index (χ1) is 7.76.